The summed E-state index contributed by atoms with van der Waals surface area (Å²) in [6.45, 7) is 18.1. The number of alkyl halides is 1. The van der Waals surface area contributed by atoms with Crippen LogP contribution in [0.1, 0.15) is 45.7 Å². The Morgan fingerprint density at radius 1 is 0.719 bits per heavy atom. The van der Waals surface area contributed by atoms with Crippen molar-refractivity contribution in [3.63, 3.8) is 0 Å². The van der Waals surface area contributed by atoms with Crippen molar-refractivity contribution in [2.45, 2.75) is 40.0 Å². The van der Waals surface area contributed by atoms with Gasteiger partial charge < -0.3 is 14.1 Å². The van der Waals surface area contributed by atoms with Crippen LogP contribution in [0.5, 0.6) is 0 Å². The number of benzene rings is 6. The van der Waals surface area contributed by atoms with Crippen LogP contribution in [-0.4, -0.2) is 20.0 Å². The summed E-state index contributed by atoms with van der Waals surface area (Å²) >= 11 is 5.07. The van der Waals surface area contributed by atoms with Gasteiger partial charge in [0.1, 0.15) is 0 Å². The minimum Gasteiger partial charge on any atom is -0.354 e. The van der Waals surface area contributed by atoms with Crippen LogP contribution in [0.2, 0.25) is 0 Å². The van der Waals surface area contributed by atoms with E-state index in [9.17, 15) is 0 Å². The molecule has 0 amide bonds. The summed E-state index contributed by atoms with van der Waals surface area (Å²) in [5.41, 5.74) is 16.0. The van der Waals surface area contributed by atoms with E-state index in [4.69, 9.17) is 11.6 Å². The van der Waals surface area contributed by atoms with Gasteiger partial charge in [-0.3, -0.25) is 0 Å². The number of fused-ring (bicyclic) bond motifs is 12. The van der Waals surface area contributed by atoms with Gasteiger partial charge in [-0.1, -0.05) is 137 Å². The molecule has 3 heterocycles. The summed E-state index contributed by atoms with van der Waals surface area (Å²) in [7, 11) is 0. The number of aromatic nitrogens is 3. The van der Waals surface area contributed by atoms with Gasteiger partial charge in [0.05, 0.1) is 27.8 Å². The van der Waals surface area contributed by atoms with Crippen molar-refractivity contribution in [1.82, 2.24) is 14.1 Å². The number of allylic oxidation sites excluding steroid dienone is 6. The molecule has 0 atom stereocenters. The van der Waals surface area contributed by atoms with Gasteiger partial charge in [-0.05, 0) is 83.8 Å². The minimum atomic E-state index is -0.149. The molecule has 57 heavy (non-hydrogen) atoms. The van der Waals surface area contributed by atoms with E-state index in [-0.39, 0.29) is 5.41 Å². The molecule has 0 bridgehead atoms. The number of hydrogen-bond acceptors (Lipinski definition) is 0. The average molecular weight is 762 g/mol. The van der Waals surface area contributed by atoms with E-state index in [1.54, 1.807) is 6.08 Å². The number of nitrogens with one attached hydrogen (secondary N) is 1. The van der Waals surface area contributed by atoms with Crippen molar-refractivity contribution < 1.29 is 0 Å². The lowest BCUT2D eigenvalue weighted by Gasteiger charge is -2.21. The summed E-state index contributed by atoms with van der Waals surface area (Å²) in [4.78, 5) is 3.92. The van der Waals surface area contributed by atoms with Crippen molar-refractivity contribution in [3.05, 3.63) is 182 Å². The molecule has 1 aliphatic carbocycles. The number of nitrogens with zero attached hydrogens (tertiary/aromatic N) is 2. The maximum Gasteiger partial charge on any atom is 0.0585 e. The Bertz CT molecular complexity index is 3030. The number of para-hydroxylation sites is 2. The minimum absolute atomic E-state index is 0.149. The van der Waals surface area contributed by atoms with Crippen molar-refractivity contribution in [1.29, 1.82) is 0 Å². The molecule has 10 rings (SSSR count). The van der Waals surface area contributed by atoms with E-state index >= 15 is 0 Å². The third kappa shape index (κ3) is 5.97. The summed E-state index contributed by atoms with van der Waals surface area (Å²) in [6.07, 6.45) is 9.75. The lowest BCUT2D eigenvalue weighted by atomic mass is 9.81. The van der Waals surface area contributed by atoms with Crippen molar-refractivity contribution >= 4 is 71.8 Å². The van der Waals surface area contributed by atoms with E-state index in [0.29, 0.717) is 5.88 Å². The quantitative estimate of drug-likeness (QED) is 0.0992. The Kier molecular flexibility index (Phi) is 10.1. The molecule has 6 aromatic carbocycles. The predicted octanol–water partition coefficient (Wildman–Crippen LogP) is 15.4. The van der Waals surface area contributed by atoms with Crippen molar-refractivity contribution in [3.8, 4) is 28.1 Å². The number of halogens is 1. The lowest BCUT2D eigenvalue weighted by molar-refractivity contribution is 0.666. The molecular weight excluding hydrogens is 714 g/mol. The molecule has 0 fully saturated rings. The third-order valence-electron chi connectivity index (χ3n) is 11.3. The van der Waals surface area contributed by atoms with E-state index < -0.39 is 0 Å². The molecular formula is C53H48ClN3. The van der Waals surface area contributed by atoms with Crippen LogP contribution in [0.3, 0.4) is 0 Å². The normalized spacial score (nSPS) is 13.1. The largest absolute Gasteiger partial charge is 0.354 e. The molecule has 0 spiro atoms. The Balaban J connectivity index is 0.000000716. The Morgan fingerprint density at radius 2 is 1.37 bits per heavy atom. The Hall–Kier alpha value is -6.29. The maximum absolute atomic E-state index is 5.07. The second-order valence-corrected chi connectivity index (χ2v) is 15.0. The molecule has 1 aliphatic rings. The SMILES string of the molecule is C=C/C=C\C(=C/C)n1c2ccccc2c2cc(-c3ccc4[nH]c5c(ccc6c5c5c(n6-c6ccccc6)-c6ccccc6C5(C)C)c4c3)ccc21.C=CCCl.CC. The molecule has 1 N–H and O–H groups in total. The monoisotopic (exact) mass is 761 g/mol. The van der Waals surface area contributed by atoms with Gasteiger partial charge in [-0.2, -0.15) is 0 Å². The first kappa shape index (κ1) is 37.6. The van der Waals surface area contributed by atoms with Crippen LogP contribution in [0.25, 0.3) is 88.3 Å². The van der Waals surface area contributed by atoms with Gasteiger partial charge in [0.25, 0.3) is 0 Å². The van der Waals surface area contributed by atoms with E-state index in [1.165, 1.54) is 88.2 Å². The van der Waals surface area contributed by atoms with Crippen LogP contribution in [0.15, 0.2) is 171 Å². The molecule has 282 valence electrons. The molecule has 4 heteroatoms. The van der Waals surface area contributed by atoms with Crippen LogP contribution in [0, 0.1) is 0 Å². The van der Waals surface area contributed by atoms with Gasteiger partial charge in [-0.25, -0.2) is 0 Å². The molecule has 3 aromatic heterocycles. The number of H-pyrrole nitrogens is 1. The zero-order chi connectivity index (χ0) is 39.8. The summed E-state index contributed by atoms with van der Waals surface area (Å²) in [6, 6.07) is 46.9. The molecule has 3 nitrogen and oxygen atoms in total. The van der Waals surface area contributed by atoms with Crippen LogP contribution >= 0.6 is 11.6 Å². The van der Waals surface area contributed by atoms with Crippen LogP contribution in [-0.2, 0) is 5.41 Å². The van der Waals surface area contributed by atoms with Gasteiger partial charge in [0.2, 0.25) is 0 Å². The number of rotatable bonds is 6. The highest BCUT2D eigenvalue weighted by atomic mass is 35.5. The second kappa shape index (κ2) is 15.3. The third-order valence-corrected chi connectivity index (χ3v) is 11.5. The van der Waals surface area contributed by atoms with Gasteiger partial charge in [0, 0.05) is 60.7 Å². The molecule has 0 saturated carbocycles. The highest BCUT2D eigenvalue weighted by molar-refractivity contribution is 6.21. The van der Waals surface area contributed by atoms with Crippen molar-refractivity contribution in [2.24, 2.45) is 0 Å². The smallest absolute Gasteiger partial charge is 0.0585 e. The molecule has 0 radical (unpaired) electrons. The second-order valence-electron chi connectivity index (χ2n) is 14.7. The fraction of sp³-hybridized carbons (Fsp3) is 0.132. The van der Waals surface area contributed by atoms with E-state index in [1.807, 2.05) is 26.0 Å². The number of aromatic amines is 1. The van der Waals surface area contributed by atoms with Crippen LogP contribution in [0.4, 0.5) is 0 Å². The predicted molar refractivity (Wildman–Crippen MR) is 250 cm³/mol. The van der Waals surface area contributed by atoms with Crippen molar-refractivity contribution in [2.75, 3.05) is 5.88 Å². The highest BCUT2D eigenvalue weighted by Gasteiger charge is 2.41. The Morgan fingerprint density at radius 3 is 2.11 bits per heavy atom. The molecule has 9 aromatic rings. The fourth-order valence-electron chi connectivity index (χ4n) is 8.90. The average Bonchev–Trinajstić information content (AvgIpc) is 3.98. The zero-order valence-electron chi connectivity index (χ0n) is 33.4. The standard InChI is InChI=1S/C48H37N3.C3H5Cl.C2H6/c1-5-7-15-32(6-2)50-41-21-14-12-18-34(41)38-29-31(23-26-42(38)50)30-22-25-40-37(28-30)35-24-27-43-44(46(35)49-40)45-47(51(43)33-16-9-8-10-17-33)36-19-11-13-20-39(36)48(45,3)4;1-2-3-4;1-2/h5-29,49H,1H2,2-4H3;2H,1,3H2;1-2H3/b15-7-,32-6+;;. The number of hydrogen-bond donors (Lipinski definition) is 1. The van der Waals surface area contributed by atoms with E-state index in [0.717, 1.165) is 11.2 Å². The highest BCUT2D eigenvalue weighted by Crippen LogP contribution is 2.55. The lowest BCUT2D eigenvalue weighted by Crippen LogP contribution is -2.14. The first-order chi connectivity index (χ1) is 27.9. The molecule has 0 saturated heterocycles. The zero-order valence-corrected chi connectivity index (χ0v) is 34.2. The van der Waals surface area contributed by atoms with Crippen LogP contribution < -0.4 is 0 Å². The van der Waals surface area contributed by atoms with Gasteiger partial charge >= 0.3 is 0 Å². The summed E-state index contributed by atoms with van der Waals surface area (Å²) in [5.74, 6) is 0.556. The van der Waals surface area contributed by atoms with Gasteiger partial charge in [-0.15, -0.1) is 18.2 Å². The molecule has 0 unspecified atom stereocenters. The summed E-state index contributed by atoms with van der Waals surface area (Å²) < 4.78 is 4.83. The first-order valence-electron chi connectivity index (χ1n) is 19.9. The first-order valence-corrected chi connectivity index (χ1v) is 20.4. The maximum atomic E-state index is 5.07. The summed E-state index contributed by atoms with van der Waals surface area (Å²) in [5, 5.41) is 6.30. The molecule has 0 aliphatic heterocycles. The Labute approximate surface area is 340 Å². The topological polar surface area (TPSA) is 25.6 Å². The van der Waals surface area contributed by atoms with E-state index in [2.05, 4.69) is 188 Å². The van der Waals surface area contributed by atoms with Gasteiger partial charge in [0.15, 0.2) is 0 Å². The fourth-order valence-corrected chi connectivity index (χ4v) is 8.90.